The quantitative estimate of drug-likeness (QED) is 0.746. The van der Waals surface area contributed by atoms with Crippen molar-refractivity contribution in [2.24, 2.45) is 11.8 Å². The number of hydrogen-bond acceptors (Lipinski definition) is 4. The minimum absolute atomic E-state index is 0.196. The predicted octanol–water partition coefficient (Wildman–Crippen LogP) is 3.43. The van der Waals surface area contributed by atoms with Crippen LogP contribution in [0, 0.1) is 11.8 Å². The van der Waals surface area contributed by atoms with Gasteiger partial charge in [0.25, 0.3) is 0 Å². The Morgan fingerprint density at radius 2 is 2.12 bits per heavy atom. The van der Waals surface area contributed by atoms with Crippen molar-refractivity contribution >= 4 is 11.9 Å². The van der Waals surface area contributed by atoms with Crippen molar-refractivity contribution in [3.05, 3.63) is 59.3 Å². The third-order valence-corrected chi connectivity index (χ3v) is 4.79. The summed E-state index contributed by atoms with van der Waals surface area (Å²) in [6.07, 6.45) is 15.8. The molecule has 4 heteroatoms. The molecule has 1 fully saturated rings. The van der Waals surface area contributed by atoms with E-state index in [0.29, 0.717) is 11.5 Å². The summed E-state index contributed by atoms with van der Waals surface area (Å²) in [5.74, 6) is -0.0454. The second kappa shape index (κ2) is 7.04. The number of esters is 2. The van der Waals surface area contributed by atoms with Gasteiger partial charge in [-0.15, -0.1) is 0 Å². The summed E-state index contributed by atoms with van der Waals surface area (Å²) in [6, 6.07) is 0. The molecule has 24 heavy (non-hydrogen) atoms. The molecular formula is C20H22O4. The van der Waals surface area contributed by atoms with Crippen LogP contribution in [0.15, 0.2) is 59.3 Å². The summed E-state index contributed by atoms with van der Waals surface area (Å²) in [5.41, 5.74) is 2.18. The highest BCUT2D eigenvalue weighted by Crippen LogP contribution is 2.36. The Morgan fingerprint density at radius 1 is 1.33 bits per heavy atom. The molecule has 0 amide bonds. The summed E-state index contributed by atoms with van der Waals surface area (Å²) < 4.78 is 10.4. The molecule has 4 nitrogen and oxygen atoms in total. The number of allylic oxidation sites excluding steroid dienone is 6. The van der Waals surface area contributed by atoms with Gasteiger partial charge in [-0.25, -0.2) is 9.59 Å². The summed E-state index contributed by atoms with van der Waals surface area (Å²) in [4.78, 5) is 24.0. The zero-order chi connectivity index (χ0) is 17.1. The fraction of sp³-hybridized carbons (Fsp3) is 0.400. The van der Waals surface area contributed by atoms with E-state index in [4.69, 9.17) is 9.47 Å². The van der Waals surface area contributed by atoms with Gasteiger partial charge in [0.1, 0.15) is 6.10 Å². The second-order valence-corrected chi connectivity index (χ2v) is 6.36. The van der Waals surface area contributed by atoms with Crippen molar-refractivity contribution in [1.29, 1.82) is 0 Å². The predicted molar refractivity (Wildman–Crippen MR) is 90.9 cm³/mol. The average Bonchev–Trinajstić information content (AvgIpc) is 2.60. The van der Waals surface area contributed by atoms with Crippen molar-refractivity contribution in [2.75, 3.05) is 7.11 Å². The number of hydrogen-bond donors (Lipinski definition) is 0. The van der Waals surface area contributed by atoms with Crippen molar-refractivity contribution in [1.82, 2.24) is 0 Å². The van der Waals surface area contributed by atoms with Crippen molar-refractivity contribution in [3.63, 3.8) is 0 Å². The molecule has 3 unspecified atom stereocenters. The smallest absolute Gasteiger partial charge is 0.338 e. The Morgan fingerprint density at radius 3 is 2.92 bits per heavy atom. The summed E-state index contributed by atoms with van der Waals surface area (Å²) >= 11 is 0. The molecule has 0 spiro atoms. The van der Waals surface area contributed by atoms with E-state index in [2.05, 4.69) is 13.0 Å². The number of ether oxygens (including phenoxy) is 2. The minimum atomic E-state index is -0.331. The standard InChI is InChI=1S/C20H22O4/c1-13-6-5-9-17-18(13)12-15(24-20(17)22)11-10-14-7-3-4-8-16(14)19(21)23-2/h5-11,13,15,18H,3-4,12H2,1-2H3/b11-10-. The Balaban J connectivity index is 1.73. The zero-order valence-electron chi connectivity index (χ0n) is 14.0. The maximum absolute atomic E-state index is 12.2. The van der Waals surface area contributed by atoms with Crippen LogP contribution in [0.5, 0.6) is 0 Å². The largest absolute Gasteiger partial charge is 0.465 e. The number of rotatable bonds is 3. The third-order valence-electron chi connectivity index (χ3n) is 4.79. The fourth-order valence-corrected chi connectivity index (χ4v) is 3.43. The molecule has 0 saturated carbocycles. The lowest BCUT2D eigenvalue weighted by molar-refractivity contribution is -0.147. The number of cyclic esters (lactones) is 1. The highest BCUT2D eigenvalue weighted by Gasteiger charge is 2.35. The molecular weight excluding hydrogens is 304 g/mol. The van der Waals surface area contributed by atoms with Gasteiger partial charge in [-0.1, -0.05) is 43.4 Å². The van der Waals surface area contributed by atoms with Crippen LogP contribution in [0.3, 0.4) is 0 Å². The first kappa shape index (κ1) is 16.5. The molecule has 0 aromatic carbocycles. The molecule has 1 heterocycles. The van der Waals surface area contributed by atoms with Crippen LogP contribution >= 0.6 is 0 Å². The number of carbonyl (C=O) groups is 2. The van der Waals surface area contributed by atoms with Gasteiger partial charge in [0.15, 0.2) is 0 Å². The summed E-state index contributed by atoms with van der Waals surface area (Å²) in [6.45, 7) is 2.12. The van der Waals surface area contributed by atoms with E-state index in [1.807, 2.05) is 36.5 Å². The number of carbonyl (C=O) groups excluding carboxylic acids is 2. The minimum Gasteiger partial charge on any atom is -0.465 e. The van der Waals surface area contributed by atoms with Gasteiger partial charge >= 0.3 is 11.9 Å². The first-order valence-corrected chi connectivity index (χ1v) is 8.36. The van der Waals surface area contributed by atoms with E-state index in [-0.39, 0.29) is 24.0 Å². The average molecular weight is 326 g/mol. The number of methoxy groups -OCH3 is 1. The SMILES string of the molecule is COC(=O)C1=CCCC=C1/C=C\C1CC2C(=CC=CC2C)C(=O)O1. The Bertz CT molecular complexity index is 690. The summed E-state index contributed by atoms with van der Waals surface area (Å²) in [7, 11) is 1.38. The molecule has 0 aromatic rings. The lowest BCUT2D eigenvalue weighted by atomic mass is 9.78. The molecule has 3 aliphatic rings. The fourth-order valence-electron chi connectivity index (χ4n) is 3.43. The van der Waals surface area contributed by atoms with Gasteiger partial charge < -0.3 is 9.47 Å². The normalized spacial score (nSPS) is 29.3. The van der Waals surface area contributed by atoms with E-state index >= 15 is 0 Å². The Labute approximate surface area is 142 Å². The van der Waals surface area contributed by atoms with E-state index in [0.717, 1.165) is 30.4 Å². The lowest BCUT2D eigenvalue weighted by Crippen LogP contribution is -2.34. The van der Waals surface area contributed by atoms with Gasteiger partial charge in [-0.05, 0) is 36.8 Å². The first-order chi connectivity index (χ1) is 11.6. The van der Waals surface area contributed by atoms with Crippen LogP contribution < -0.4 is 0 Å². The highest BCUT2D eigenvalue weighted by atomic mass is 16.5. The molecule has 2 aliphatic carbocycles. The lowest BCUT2D eigenvalue weighted by Gasteiger charge is -2.33. The third kappa shape index (κ3) is 3.28. The highest BCUT2D eigenvalue weighted by molar-refractivity contribution is 5.94. The maximum atomic E-state index is 12.2. The maximum Gasteiger partial charge on any atom is 0.338 e. The van der Waals surface area contributed by atoms with Crippen molar-refractivity contribution in [3.8, 4) is 0 Å². The van der Waals surface area contributed by atoms with Gasteiger partial charge in [0.2, 0.25) is 0 Å². The van der Waals surface area contributed by atoms with Crippen LogP contribution in [0.2, 0.25) is 0 Å². The topological polar surface area (TPSA) is 52.6 Å². The Hall–Kier alpha value is -2.36. The van der Waals surface area contributed by atoms with Gasteiger partial charge in [0, 0.05) is 11.5 Å². The molecule has 126 valence electrons. The summed E-state index contributed by atoms with van der Waals surface area (Å²) in [5, 5.41) is 0. The van der Waals surface area contributed by atoms with Crippen LogP contribution in [0.4, 0.5) is 0 Å². The molecule has 3 rings (SSSR count). The Kier molecular flexibility index (Phi) is 4.84. The van der Waals surface area contributed by atoms with Crippen LogP contribution in [-0.2, 0) is 19.1 Å². The monoisotopic (exact) mass is 326 g/mol. The first-order valence-electron chi connectivity index (χ1n) is 8.36. The molecule has 1 saturated heterocycles. The molecule has 1 aliphatic heterocycles. The van der Waals surface area contributed by atoms with E-state index in [9.17, 15) is 9.59 Å². The van der Waals surface area contributed by atoms with Crippen LogP contribution in [0.1, 0.15) is 26.2 Å². The van der Waals surface area contributed by atoms with E-state index < -0.39 is 0 Å². The zero-order valence-corrected chi connectivity index (χ0v) is 14.0. The molecule has 3 atom stereocenters. The van der Waals surface area contributed by atoms with Crippen molar-refractivity contribution in [2.45, 2.75) is 32.3 Å². The molecule has 0 N–H and O–H groups in total. The number of fused-ring (bicyclic) bond motifs is 1. The van der Waals surface area contributed by atoms with Crippen LogP contribution in [0.25, 0.3) is 0 Å². The molecule has 0 bridgehead atoms. The van der Waals surface area contributed by atoms with Crippen molar-refractivity contribution < 1.29 is 19.1 Å². The van der Waals surface area contributed by atoms with Gasteiger partial charge in [-0.2, -0.15) is 0 Å². The van der Waals surface area contributed by atoms with Gasteiger partial charge in [-0.3, -0.25) is 0 Å². The van der Waals surface area contributed by atoms with Gasteiger partial charge in [0.05, 0.1) is 12.7 Å². The molecule has 0 aromatic heterocycles. The van der Waals surface area contributed by atoms with E-state index in [1.54, 1.807) is 0 Å². The van der Waals surface area contributed by atoms with Crippen LogP contribution in [-0.4, -0.2) is 25.2 Å². The molecule has 0 radical (unpaired) electrons. The second-order valence-electron chi connectivity index (χ2n) is 6.36. The van der Waals surface area contributed by atoms with E-state index in [1.165, 1.54) is 7.11 Å².